The Hall–Kier alpha value is -3.15. The molecule has 7 nitrogen and oxygen atoms in total. The van der Waals surface area contributed by atoms with E-state index in [4.69, 9.17) is 6.57 Å². The predicted octanol–water partition coefficient (Wildman–Crippen LogP) is 3.98. The summed E-state index contributed by atoms with van der Waals surface area (Å²) in [5, 5.41) is 0. The van der Waals surface area contributed by atoms with Crippen molar-refractivity contribution in [2.75, 3.05) is 33.7 Å². The largest absolute Gasteiger partial charge is 0.503 e. The molecule has 4 heterocycles. The Morgan fingerprint density at radius 2 is 1.39 bits per heavy atom. The third kappa shape index (κ3) is 3.94. The summed E-state index contributed by atoms with van der Waals surface area (Å²) in [6, 6.07) is 15.3. The van der Waals surface area contributed by atoms with Gasteiger partial charge in [-0.2, -0.15) is 42.7 Å². The molecule has 0 spiro atoms. The number of pyridine rings is 2. The van der Waals surface area contributed by atoms with Gasteiger partial charge < -0.3 is 19.6 Å². The van der Waals surface area contributed by atoms with Gasteiger partial charge in [0.05, 0.1) is 12.3 Å². The van der Waals surface area contributed by atoms with Crippen LogP contribution in [-0.4, -0.2) is 24.1 Å². The molecule has 158 valence electrons. The van der Waals surface area contributed by atoms with Crippen LogP contribution in [0, 0.1) is 26.0 Å². The van der Waals surface area contributed by atoms with Gasteiger partial charge in [0, 0.05) is 43.6 Å². The number of hydrogen-bond acceptors (Lipinski definition) is 6. The zero-order valence-corrected chi connectivity index (χ0v) is 19.7. The molecule has 0 bridgehead atoms. The van der Waals surface area contributed by atoms with Gasteiger partial charge in [0.1, 0.15) is 11.6 Å². The van der Waals surface area contributed by atoms with E-state index < -0.39 is 0 Å². The zero-order chi connectivity index (χ0) is 20.7. The van der Waals surface area contributed by atoms with Crippen LogP contribution in [0.25, 0.3) is 4.85 Å². The Balaban J connectivity index is 0.00000231. The second kappa shape index (κ2) is 8.53. The second-order valence-corrected chi connectivity index (χ2v) is 7.40. The van der Waals surface area contributed by atoms with Crippen molar-refractivity contribution >= 4 is 28.7 Å². The standard InChI is InChI=1S/C23H20N7.Os/c1-24-19-11-17(13-29-15-27(2)20-6-4-8-25-22(20)29)10-18(12-19)14-30-16-28(3)21-7-5-9-26-23(21)30;/h4-9,11-12,15-16H,13-14H2,2-3H3;/q-3;. The number of hydrogen-bond donors (Lipinski definition) is 0. The fourth-order valence-corrected chi connectivity index (χ4v) is 3.93. The van der Waals surface area contributed by atoms with E-state index in [0.717, 1.165) is 34.1 Å². The summed E-state index contributed by atoms with van der Waals surface area (Å²) in [7, 11) is 4.02. The molecule has 0 aliphatic carbocycles. The molecule has 0 saturated heterocycles. The Labute approximate surface area is 195 Å². The number of rotatable bonds is 4. The quantitative estimate of drug-likeness (QED) is 0.433. The molecule has 0 N–H and O–H groups in total. The van der Waals surface area contributed by atoms with Gasteiger partial charge in [0.25, 0.3) is 0 Å². The molecular weight excluding hydrogens is 565 g/mol. The van der Waals surface area contributed by atoms with E-state index in [2.05, 4.69) is 40.5 Å². The first-order chi connectivity index (χ1) is 14.6. The fraction of sp³-hybridized carbons (Fsp3) is 0.174. The average molecular weight is 585 g/mol. The first-order valence-electron chi connectivity index (χ1n) is 9.64. The van der Waals surface area contributed by atoms with Crippen molar-refractivity contribution < 1.29 is 19.8 Å². The summed E-state index contributed by atoms with van der Waals surface area (Å²) < 4.78 is 0. The van der Waals surface area contributed by atoms with Crippen LogP contribution in [-0.2, 0) is 32.9 Å². The van der Waals surface area contributed by atoms with Crippen LogP contribution in [0.5, 0.6) is 0 Å². The predicted molar refractivity (Wildman–Crippen MR) is 118 cm³/mol. The number of fused-ring (bicyclic) bond motifs is 2. The number of anilines is 4. The van der Waals surface area contributed by atoms with E-state index in [1.807, 2.05) is 63.8 Å². The van der Waals surface area contributed by atoms with Crippen LogP contribution in [0.2, 0.25) is 0 Å². The van der Waals surface area contributed by atoms with Crippen LogP contribution in [0.15, 0.2) is 48.8 Å². The molecule has 0 fully saturated rings. The molecule has 0 amide bonds. The maximum absolute atomic E-state index is 7.53. The van der Waals surface area contributed by atoms with Crippen LogP contribution in [0.3, 0.4) is 0 Å². The topological polar surface area (TPSA) is 43.1 Å². The van der Waals surface area contributed by atoms with Crippen LogP contribution in [0.4, 0.5) is 28.7 Å². The van der Waals surface area contributed by atoms with E-state index in [1.54, 1.807) is 12.4 Å². The molecule has 5 rings (SSSR count). The molecule has 0 saturated carbocycles. The maximum Gasteiger partial charge on any atom is 0.121 e. The Morgan fingerprint density at radius 3 is 1.84 bits per heavy atom. The van der Waals surface area contributed by atoms with Gasteiger partial charge in [-0.3, -0.25) is 4.85 Å². The summed E-state index contributed by atoms with van der Waals surface area (Å²) in [5.74, 6) is 1.83. The SMILES string of the molecule is [C-]#[N+]c1cc(CN2[CH-]N(C)c3cccnc32)[c-]c(CN2[CH-]N(C)c3cccnc32)c1.[Os]. The van der Waals surface area contributed by atoms with E-state index >= 15 is 0 Å². The second-order valence-electron chi connectivity index (χ2n) is 7.40. The van der Waals surface area contributed by atoms with Crippen LogP contribution in [0.1, 0.15) is 11.1 Å². The molecule has 31 heavy (non-hydrogen) atoms. The van der Waals surface area contributed by atoms with Crippen molar-refractivity contribution in [2.45, 2.75) is 13.1 Å². The summed E-state index contributed by atoms with van der Waals surface area (Å²) >= 11 is 0. The summed E-state index contributed by atoms with van der Waals surface area (Å²) in [6.45, 7) is 12.8. The summed E-state index contributed by atoms with van der Waals surface area (Å²) in [5.41, 5.74) is 4.65. The van der Waals surface area contributed by atoms with E-state index in [1.165, 1.54) is 0 Å². The monoisotopic (exact) mass is 586 g/mol. The molecule has 0 unspecified atom stereocenters. The van der Waals surface area contributed by atoms with E-state index in [-0.39, 0.29) is 19.8 Å². The minimum absolute atomic E-state index is 0. The smallest absolute Gasteiger partial charge is 0.121 e. The molecule has 2 aromatic heterocycles. The molecule has 1 aromatic carbocycles. The van der Waals surface area contributed by atoms with Crippen LogP contribution < -0.4 is 19.6 Å². The van der Waals surface area contributed by atoms with Crippen LogP contribution >= 0.6 is 0 Å². The molecular formula is C23H20N7Os-3. The van der Waals surface area contributed by atoms with Gasteiger partial charge in [-0.15, -0.1) is 0 Å². The Morgan fingerprint density at radius 1 is 0.903 bits per heavy atom. The fourth-order valence-electron chi connectivity index (χ4n) is 3.93. The van der Waals surface area contributed by atoms with Crippen molar-refractivity contribution in [3.63, 3.8) is 0 Å². The summed E-state index contributed by atoms with van der Waals surface area (Å²) in [6.07, 6.45) is 3.60. The molecule has 8 heteroatoms. The number of nitrogens with zero attached hydrogens (tertiary/aromatic N) is 7. The number of benzene rings is 1. The molecule has 0 radical (unpaired) electrons. The van der Waals surface area contributed by atoms with E-state index in [9.17, 15) is 0 Å². The minimum Gasteiger partial charge on any atom is -0.503 e. The first-order valence-corrected chi connectivity index (χ1v) is 9.64. The van der Waals surface area contributed by atoms with Gasteiger partial charge >= 0.3 is 0 Å². The van der Waals surface area contributed by atoms with Crippen molar-refractivity contribution in [3.8, 4) is 0 Å². The molecule has 3 aromatic rings. The van der Waals surface area contributed by atoms with Gasteiger partial charge in [-0.05, 0) is 51.5 Å². The van der Waals surface area contributed by atoms with Gasteiger partial charge in [-0.1, -0.05) is 0 Å². The van der Waals surface area contributed by atoms with Gasteiger partial charge in [-0.25, -0.2) is 9.97 Å². The average Bonchev–Trinajstić information content (AvgIpc) is 3.25. The van der Waals surface area contributed by atoms with Crippen molar-refractivity contribution in [1.29, 1.82) is 0 Å². The van der Waals surface area contributed by atoms with Crippen molar-refractivity contribution in [2.24, 2.45) is 0 Å². The van der Waals surface area contributed by atoms with Gasteiger partial charge in [0.2, 0.25) is 0 Å². The minimum atomic E-state index is 0. The summed E-state index contributed by atoms with van der Waals surface area (Å²) in [4.78, 5) is 21.0. The molecule has 2 aliphatic rings. The Kier molecular flexibility index (Phi) is 5.81. The first kappa shape index (κ1) is 21.1. The maximum atomic E-state index is 7.53. The van der Waals surface area contributed by atoms with E-state index in [0.29, 0.717) is 18.8 Å². The van der Waals surface area contributed by atoms with Gasteiger partial charge in [0.15, 0.2) is 0 Å². The normalized spacial score (nSPS) is 14.2. The Bertz CT molecular complexity index is 1060. The molecule has 2 aliphatic heterocycles. The number of aromatic nitrogens is 2. The van der Waals surface area contributed by atoms with Crippen molar-refractivity contribution in [3.05, 3.63) is 90.7 Å². The third-order valence-corrected chi connectivity index (χ3v) is 5.24. The van der Waals surface area contributed by atoms with Crippen molar-refractivity contribution in [1.82, 2.24) is 9.97 Å². The third-order valence-electron chi connectivity index (χ3n) is 5.24. The molecule has 0 atom stereocenters. The zero-order valence-electron chi connectivity index (χ0n) is 17.2.